The van der Waals surface area contributed by atoms with E-state index in [1.54, 1.807) is 0 Å². The third-order valence-electron chi connectivity index (χ3n) is 4.02. The summed E-state index contributed by atoms with van der Waals surface area (Å²) in [6.07, 6.45) is 0. The van der Waals surface area contributed by atoms with Crippen LogP contribution in [0.25, 0.3) is 0 Å². The van der Waals surface area contributed by atoms with Gasteiger partial charge in [-0.15, -0.1) is 0 Å². The van der Waals surface area contributed by atoms with Crippen LogP contribution in [-0.4, -0.2) is 27.9 Å². The van der Waals surface area contributed by atoms with Crippen molar-refractivity contribution in [3.63, 3.8) is 0 Å². The molecular formula is C12H21BN2O2. The summed E-state index contributed by atoms with van der Waals surface area (Å²) >= 11 is 0. The predicted octanol–water partition coefficient (Wildman–Crippen LogP) is 1.34. The molecule has 5 heteroatoms. The van der Waals surface area contributed by atoms with Crippen LogP contribution in [0.5, 0.6) is 0 Å². The maximum Gasteiger partial charge on any atom is 0.514 e. The van der Waals surface area contributed by atoms with Crippen molar-refractivity contribution in [2.24, 2.45) is 7.05 Å². The van der Waals surface area contributed by atoms with E-state index >= 15 is 0 Å². The van der Waals surface area contributed by atoms with Gasteiger partial charge < -0.3 is 13.9 Å². The van der Waals surface area contributed by atoms with Gasteiger partial charge in [-0.1, -0.05) is 0 Å². The summed E-state index contributed by atoms with van der Waals surface area (Å²) < 4.78 is 14.1. The highest BCUT2D eigenvalue weighted by Crippen LogP contribution is 2.36. The zero-order valence-corrected chi connectivity index (χ0v) is 11.8. The minimum absolute atomic E-state index is 0.303. The summed E-state index contributed by atoms with van der Waals surface area (Å²) in [6, 6.07) is 0. The third-order valence-corrected chi connectivity index (χ3v) is 4.02. The Hall–Kier alpha value is -0.805. The van der Waals surface area contributed by atoms with Gasteiger partial charge in [0.15, 0.2) is 0 Å². The van der Waals surface area contributed by atoms with Crippen molar-refractivity contribution >= 4 is 12.7 Å². The molecule has 1 aliphatic rings. The molecule has 4 nitrogen and oxygen atoms in total. The Morgan fingerprint density at radius 3 is 1.88 bits per heavy atom. The number of hydrogen-bond acceptors (Lipinski definition) is 3. The van der Waals surface area contributed by atoms with Gasteiger partial charge in [0.25, 0.3) is 0 Å². The quantitative estimate of drug-likeness (QED) is 0.690. The molecule has 94 valence electrons. The van der Waals surface area contributed by atoms with Crippen molar-refractivity contribution < 1.29 is 9.31 Å². The van der Waals surface area contributed by atoms with E-state index in [-0.39, 0.29) is 18.3 Å². The summed E-state index contributed by atoms with van der Waals surface area (Å²) in [7, 11) is 1.67. The molecule has 1 aromatic heterocycles. The van der Waals surface area contributed by atoms with Gasteiger partial charge in [-0.3, -0.25) is 0 Å². The minimum Gasteiger partial charge on any atom is -0.398 e. The molecule has 1 fully saturated rings. The van der Waals surface area contributed by atoms with E-state index in [2.05, 4.69) is 32.7 Å². The number of imidazole rings is 1. The highest BCUT2D eigenvalue weighted by Gasteiger charge is 2.53. The average Bonchev–Trinajstić information content (AvgIpc) is 2.49. The molecule has 0 unspecified atom stereocenters. The van der Waals surface area contributed by atoms with Crippen LogP contribution in [0.3, 0.4) is 0 Å². The molecule has 17 heavy (non-hydrogen) atoms. The number of rotatable bonds is 1. The molecule has 0 aromatic carbocycles. The normalized spacial score (nSPS) is 22.2. The highest BCUT2D eigenvalue weighted by atomic mass is 16.7. The molecule has 0 bridgehead atoms. The van der Waals surface area contributed by atoms with Crippen molar-refractivity contribution in [2.75, 3.05) is 0 Å². The van der Waals surface area contributed by atoms with Crippen LogP contribution in [0.1, 0.15) is 39.2 Å². The average molecular weight is 236 g/mol. The molecule has 2 heterocycles. The lowest BCUT2D eigenvalue weighted by atomic mass is 9.83. The lowest BCUT2D eigenvalue weighted by Crippen LogP contribution is -2.41. The number of nitrogens with zero attached hydrogens (tertiary/aromatic N) is 2. The molecule has 1 aromatic rings. The maximum atomic E-state index is 6.04. The molecule has 1 saturated heterocycles. The summed E-state index contributed by atoms with van der Waals surface area (Å²) in [6.45, 7) is 12.2. The van der Waals surface area contributed by atoms with Crippen LogP contribution in [0.15, 0.2) is 0 Å². The molecule has 0 saturated carbocycles. The van der Waals surface area contributed by atoms with Gasteiger partial charge in [0.2, 0.25) is 0 Å². The van der Waals surface area contributed by atoms with Crippen molar-refractivity contribution in [2.45, 2.75) is 52.7 Å². The third kappa shape index (κ3) is 1.81. The van der Waals surface area contributed by atoms with Gasteiger partial charge in [-0.2, -0.15) is 0 Å². The monoisotopic (exact) mass is 236 g/mol. The van der Waals surface area contributed by atoms with E-state index in [1.165, 1.54) is 0 Å². The Bertz CT molecular complexity index is 436. The molecule has 0 spiro atoms. The van der Waals surface area contributed by atoms with Crippen LogP contribution >= 0.6 is 0 Å². The van der Waals surface area contributed by atoms with E-state index < -0.39 is 0 Å². The topological polar surface area (TPSA) is 36.3 Å². The Morgan fingerprint density at radius 2 is 1.53 bits per heavy atom. The van der Waals surface area contributed by atoms with Gasteiger partial charge in [-0.25, -0.2) is 4.98 Å². The molecule has 0 amide bonds. The largest absolute Gasteiger partial charge is 0.514 e. The minimum atomic E-state index is -0.328. The summed E-state index contributed by atoms with van der Waals surface area (Å²) in [5.74, 6) is 0.979. The summed E-state index contributed by atoms with van der Waals surface area (Å²) in [5, 5.41) is 0. The molecule has 0 radical (unpaired) electrons. The van der Waals surface area contributed by atoms with Gasteiger partial charge in [0.05, 0.1) is 22.5 Å². The number of aromatic nitrogens is 2. The molecule has 0 aliphatic carbocycles. The standard InChI is InChI=1S/C12H21BN2O2/c1-8-10(15(7)9(2)14-8)13-16-11(3,4)12(5,6)17-13/h1-7H3. The Morgan fingerprint density at radius 1 is 1.06 bits per heavy atom. The van der Waals surface area contributed by atoms with Gasteiger partial charge >= 0.3 is 7.12 Å². The molecule has 0 N–H and O–H groups in total. The lowest BCUT2D eigenvalue weighted by molar-refractivity contribution is 0.00578. The van der Waals surface area contributed by atoms with Gasteiger partial charge in [0.1, 0.15) is 5.82 Å². The maximum absolute atomic E-state index is 6.04. The first kappa shape index (κ1) is 12.6. The van der Waals surface area contributed by atoms with Crippen LogP contribution in [0.4, 0.5) is 0 Å². The second kappa shape index (κ2) is 3.59. The van der Waals surface area contributed by atoms with E-state index in [4.69, 9.17) is 9.31 Å². The lowest BCUT2D eigenvalue weighted by Gasteiger charge is -2.32. The van der Waals surface area contributed by atoms with E-state index in [0.29, 0.717) is 0 Å². The van der Waals surface area contributed by atoms with Crippen molar-refractivity contribution in [1.29, 1.82) is 0 Å². The second-order valence-corrected chi connectivity index (χ2v) is 5.78. The first-order chi connectivity index (χ1) is 7.66. The van der Waals surface area contributed by atoms with Crippen LogP contribution in [0, 0.1) is 13.8 Å². The van der Waals surface area contributed by atoms with Crippen LogP contribution in [0.2, 0.25) is 0 Å². The summed E-state index contributed by atoms with van der Waals surface area (Å²) in [5.41, 5.74) is 1.38. The number of aryl methyl sites for hydroxylation is 2. The predicted molar refractivity (Wildman–Crippen MR) is 68.4 cm³/mol. The molecule has 2 rings (SSSR count). The zero-order valence-electron chi connectivity index (χ0n) is 11.8. The van der Waals surface area contributed by atoms with E-state index in [9.17, 15) is 0 Å². The van der Waals surface area contributed by atoms with Gasteiger partial charge in [0, 0.05) is 7.05 Å². The smallest absolute Gasteiger partial charge is 0.398 e. The Kier molecular flexibility index (Phi) is 2.67. The fourth-order valence-corrected chi connectivity index (χ4v) is 2.08. The zero-order chi connectivity index (χ0) is 13.0. The Labute approximate surface area is 103 Å². The van der Waals surface area contributed by atoms with Crippen molar-refractivity contribution in [3.8, 4) is 0 Å². The summed E-state index contributed by atoms with van der Waals surface area (Å²) in [4.78, 5) is 4.45. The Balaban J connectivity index is 2.39. The molecule has 0 atom stereocenters. The van der Waals surface area contributed by atoms with Crippen LogP contribution < -0.4 is 5.59 Å². The second-order valence-electron chi connectivity index (χ2n) is 5.78. The first-order valence-corrected chi connectivity index (χ1v) is 6.01. The SMILES string of the molecule is Cc1nc(C)n(C)c1B1OC(C)(C)C(C)(C)O1. The van der Waals surface area contributed by atoms with Gasteiger partial charge in [-0.05, 0) is 41.5 Å². The molecule has 1 aliphatic heterocycles. The van der Waals surface area contributed by atoms with Crippen molar-refractivity contribution in [1.82, 2.24) is 9.55 Å². The highest BCUT2D eigenvalue weighted by molar-refractivity contribution is 6.61. The van der Waals surface area contributed by atoms with E-state index in [0.717, 1.165) is 17.1 Å². The first-order valence-electron chi connectivity index (χ1n) is 6.01. The van der Waals surface area contributed by atoms with Crippen molar-refractivity contribution in [3.05, 3.63) is 11.5 Å². The fourth-order valence-electron chi connectivity index (χ4n) is 2.08. The van der Waals surface area contributed by atoms with E-state index in [1.807, 2.05) is 25.5 Å². The fraction of sp³-hybridized carbons (Fsp3) is 0.750. The molecular weight excluding hydrogens is 215 g/mol. The number of hydrogen-bond donors (Lipinski definition) is 0. The van der Waals surface area contributed by atoms with Crippen LogP contribution in [-0.2, 0) is 16.4 Å².